The van der Waals surface area contributed by atoms with Crippen LogP contribution in [0, 0.1) is 0 Å². The van der Waals surface area contributed by atoms with Gasteiger partial charge in [-0.2, -0.15) is 5.10 Å². The van der Waals surface area contributed by atoms with Crippen LogP contribution < -0.4 is 20.1 Å². The predicted molar refractivity (Wildman–Crippen MR) is 106 cm³/mol. The number of nitrogens with one attached hydrogen (secondary N) is 3. The van der Waals surface area contributed by atoms with Crippen LogP contribution >= 0.6 is 0 Å². The quantitative estimate of drug-likeness (QED) is 0.608. The standard InChI is InChI=1S/C20H20N4O4/c1-12(25)21-13-4-6-14(7-5-13)22-20(26)18-11-17(23-24-18)16-9-8-15(27-2)10-19(16)28-3/h4-11H,1-3H3,(H,21,25)(H,22,26)(H,23,24). The number of hydrogen-bond donors (Lipinski definition) is 3. The molecular formula is C20H20N4O4. The highest BCUT2D eigenvalue weighted by molar-refractivity contribution is 6.03. The molecular weight excluding hydrogens is 360 g/mol. The molecule has 1 aromatic heterocycles. The second-order valence-electron chi connectivity index (χ2n) is 5.95. The van der Waals surface area contributed by atoms with Gasteiger partial charge in [-0.25, -0.2) is 0 Å². The van der Waals surface area contributed by atoms with Crippen LogP contribution in [0.2, 0.25) is 0 Å². The Morgan fingerprint density at radius 3 is 2.21 bits per heavy atom. The molecule has 3 aromatic rings. The maximum Gasteiger partial charge on any atom is 0.273 e. The van der Waals surface area contributed by atoms with Crippen molar-refractivity contribution in [2.75, 3.05) is 24.9 Å². The fourth-order valence-electron chi connectivity index (χ4n) is 2.62. The van der Waals surface area contributed by atoms with Gasteiger partial charge in [-0.3, -0.25) is 14.7 Å². The normalized spacial score (nSPS) is 10.2. The second kappa shape index (κ2) is 8.26. The first-order valence-electron chi connectivity index (χ1n) is 8.47. The lowest BCUT2D eigenvalue weighted by molar-refractivity contribution is -0.114. The van der Waals surface area contributed by atoms with E-state index in [1.54, 1.807) is 56.7 Å². The molecule has 0 aliphatic rings. The van der Waals surface area contributed by atoms with Gasteiger partial charge in [-0.1, -0.05) is 0 Å². The van der Waals surface area contributed by atoms with Crippen LogP contribution in [0.5, 0.6) is 11.5 Å². The minimum Gasteiger partial charge on any atom is -0.497 e. The molecule has 0 unspecified atom stereocenters. The molecule has 0 spiro atoms. The van der Waals surface area contributed by atoms with Crippen molar-refractivity contribution < 1.29 is 19.1 Å². The summed E-state index contributed by atoms with van der Waals surface area (Å²) in [5, 5.41) is 12.4. The third kappa shape index (κ3) is 4.29. The summed E-state index contributed by atoms with van der Waals surface area (Å²) in [6.45, 7) is 1.43. The number of hydrogen-bond acceptors (Lipinski definition) is 5. The SMILES string of the molecule is COc1ccc(-c2cc(C(=O)Nc3ccc(NC(C)=O)cc3)[nH]n2)c(OC)c1. The molecule has 3 N–H and O–H groups in total. The maximum atomic E-state index is 12.5. The number of benzene rings is 2. The lowest BCUT2D eigenvalue weighted by Crippen LogP contribution is -2.12. The number of ether oxygens (including phenoxy) is 2. The predicted octanol–water partition coefficient (Wildman–Crippen LogP) is 3.30. The van der Waals surface area contributed by atoms with Crippen LogP contribution in [0.4, 0.5) is 11.4 Å². The number of carbonyl (C=O) groups excluding carboxylic acids is 2. The summed E-state index contributed by atoms with van der Waals surface area (Å²) in [5.41, 5.74) is 2.86. The van der Waals surface area contributed by atoms with Crippen molar-refractivity contribution in [2.24, 2.45) is 0 Å². The van der Waals surface area contributed by atoms with Crippen LogP contribution in [-0.4, -0.2) is 36.2 Å². The van der Waals surface area contributed by atoms with Crippen molar-refractivity contribution in [2.45, 2.75) is 6.92 Å². The van der Waals surface area contributed by atoms with Crippen LogP contribution in [0.25, 0.3) is 11.3 Å². The number of amides is 2. The zero-order valence-corrected chi connectivity index (χ0v) is 15.7. The smallest absolute Gasteiger partial charge is 0.273 e. The number of anilines is 2. The summed E-state index contributed by atoms with van der Waals surface area (Å²) in [4.78, 5) is 23.5. The Morgan fingerprint density at radius 1 is 0.929 bits per heavy atom. The molecule has 0 aliphatic heterocycles. The first-order valence-corrected chi connectivity index (χ1v) is 8.47. The van der Waals surface area contributed by atoms with Gasteiger partial charge in [0, 0.05) is 29.9 Å². The van der Waals surface area contributed by atoms with E-state index in [0.29, 0.717) is 34.3 Å². The average molecular weight is 380 g/mol. The van der Waals surface area contributed by atoms with Gasteiger partial charge in [0.25, 0.3) is 5.91 Å². The van der Waals surface area contributed by atoms with Crippen LogP contribution in [-0.2, 0) is 4.79 Å². The molecule has 1 heterocycles. The Hall–Kier alpha value is -3.81. The first-order chi connectivity index (χ1) is 13.5. The van der Waals surface area contributed by atoms with E-state index in [-0.39, 0.29) is 11.8 Å². The highest BCUT2D eigenvalue weighted by atomic mass is 16.5. The van der Waals surface area contributed by atoms with Crippen LogP contribution in [0.3, 0.4) is 0 Å². The third-order valence-electron chi connectivity index (χ3n) is 3.97. The van der Waals surface area contributed by atoms with Crippen LogP contribution in [0.1, 0.15) is 17.4 Å². The Bertz CT molecular complexity index is 996. The van der Waals surface area contributed by atoms with E-state index in [2.05, 4.69) is 20.8 Å². The molecule has 8 heteroatoms. The molecule has 2 aromatic carbocycles. The molecule has 144 valence electrons. The second-order valence-corrected chi connectivity index (χ2v) is 5.95. The maximum absolute atomic E-state index is 12.5. The lowest BCUT2D eigenvalue weighted by atomic mass is 10.1. The topological polar surface area (TPSA) is 105 Å². The molecule has 0 atom stereocenters. The van der Waals surface area contributed by atoms with E-state index in [0.717, 1.165) is 5.56 Å². The molecule has 0 saturated carbocycles. The van der Waals surface area contributed by atoms with Gasteiger partial charge in [0.15, 0.2) is 0 Å². The third-order valence-corrected chi connectivity index (χ3v) is 3.97. The number of aromatic amines is 1. The first kappa shape index (κ1) is 19.0. The Kier molecular flexibility index (Phi) is 5.59. The number of carbonyl (C=O) groups is 2. The van der Waals surface area contributed by atoms with E-state index >= 15 is 0 Å². The number of aromatic nitrogens is 2. The van der Waals surface area contributed by atoms with E-state index in [9.17, 15) is 9.59 Å². The average Bonchev–Trinajstić information content (AvgIpc) is 3.18. The van der Waals surface area contributed by atoms with E-state index in [4.69, 9.17) is 9.47 Å². The number of methoxy groups -OCH3 is 2. The van der Waals surface area contributed by atoms with E-state index in [1.807, 2.05) is 6.07 Å². The largest absolute Gasteiger partial charge is 0.497 e. The number of rotatable bonds is 6. The monoisotopic (exact) mass is 380 g/mol. The number of nitrogens with zero attached hydrogens (tertiary/aromatic N) is 1. The summed E-state index contributed by atoms with van der Waals surface area (Å²) in [7, 11) is 3.14. The Balaban J connectivity index is 1.75. The molecule has 0 fully saturated rings. The molecule has 3 rings (SSSR count). The van der Waals surface area contributed by atoms with Gasteiger partial charge in [-0.05, 0) is 42.5 Å². The Labute approximate surface area is 161 Å². The fourth-order valence-corrected chi connectivity index (χ4v) is 2.62. The zero-order chi connectivity index (χ0) is 20.1. The molecule has 28 heavy (non-hydrogen) atoms. The van der Waals surface area contributed by atoms with Crippen LogP contribution in [0.15, 0.2) is 48.5 Å². The van der Waals surface area contributed by atoms with E-state index < -0.39 is 0 Å². The van der Waals surface area contributed by atoms with Gasteiger partial charge < -0.3 is 20.1 Å². The van der Waals surface area contributed by atoms with Gasteiger partial charge in [0.1, 0.15) is 17.2 Å². The van der Waals surface area contributed by atoms with Gasteiger partial charge in [0.05, 0.1) is 19.9 Å². The Morgan fingerprint density at radius 2 is 1.61 bits per heavy atom. The minimum atomic E-state index is -0.335. The molecule has 8 nitrogen and oxygen atoms in total. The van der Waals surface area contributed by atoms with E-state index in [1.165, 1.54) is 6.92 Å². The van der Waals surface area contributed by atoms with Crippen molar-refractivity contribution in [3.05, 3.63) is 54.2 Å². The minimum absolute atomic E-state index is 0.157. The van der Waals surface area contributed by atoms with Gasteiger partial charge in [-0.15, -0.1) is 0 Å². The van der Waals surface area contributed by atoms with Crippen molar-refractivity contribution in [1.29, 1.82) is 0 Å². The highest BCUT2D eigenvalue weighted by Crippen LogP contribution is 2.32. The summed E-state index contributed by atoms with van der Waals surface area (Å²) in [6.07, 6.45) is 0. The molecule has 0 bridgehead atoms. The van der Waals surface area contributed by atoms with Crippen molar-refractivity contribution >= 4 is 23.2 Å². The summed E-state index contributed by atoms with van der Waals surface area (Å²) < 4.78 is 10.6. The van der Waals surface area contributed by atoms with Crippen molar-refractivity contribution in [3.63, 3.8) is 0 Å². The lowest BCUT2D eigenvalue weighted by Gasteiger charge is -2.08. The van der Waals surface area contributed by atoms with Gasteiger partial charge in [0.2, 0.25) is 5.91 Å². The molecule has 2 amide bonds. The zero-order valence-electron chi connectivity index (χ0n) is 15.7. The molecule has 0 radical (unpaired) electrons. The van der Waals surface area contributed by atoms with Gasteiger partial charge >= 0.3 is 0 Å². The molecule has 0 saturated heterocycles. The summed E-state index contributed by atoms with van der Waals surface area (Å²) >= 11 is 0. The molecule has 0 aliphatic carbocycles. The van der Waals surface area contributed by atoms with Crippen molar-refractivity contribution in [3.8, 4) is 22.8 Å². The number of H-pyrrole nitrogens is 1. The summed E-state index contributed by atoms with van der Waals surface area (Å²) in [6, 6.07) is 13.8. The summed E-state index contributed by atoms with van der Waals surface area (Å²) in [5.74, 6) is 0.762. The van der Waals surface area contributed by atoms with Crippen molar-refractivity contribution in [1.82, 2.24) is 10.2 Å². The fraction of sp³-hybridized carbons (Fsp3) is 0.150. The highest BCUT2D eigenvalue weighted by Gasteiger charge is 2.15.